The molecule has 0 heterocycles. The highest BCUT2D eigenvalue weighted by molar-refractivity contribution is 6.52. The SMILES string of the molecule is O=C1C(=O)c2cc3ccccc3c(O)c2C(O)=C1O. The summed E-state index contributed by atoms with van der Waals surface area (Å²) in [5.74, 6) is -4.28. The number of rotatable bonds is 0. The number of phenols is 1. The van der Waals surface area contributed by atoms with Crippen molar-refractivity contribution in [1.29, 1.82) is 0 Å². The third-order valence-electron chi connectivity index (χ3n) is 3.15. The lowest BCUT2D eigenvalue weighted by Crippen LogP contribution is -2.24. The highest BCUT2D eigenvalue weighted by atomic mass is 16.3. The zero-order valence-corrected chi connectivity index (χ0v) is 9.54. The molecule has 3 N–H and O–H groups in total. The Morgan fingerprint density at radius 2 is 1.53 bits per heavy atom. The molecule has 1 aliphatic rings. The third kappa shape index (κ3) is 1.35. The molecule has 0 atom stereocenters. The van der Waals surface area contributed by atoms with Gasteiger partial charge in [-0.3, -0.25) is 9.59 Å². The molecule has 5 nitrogen and oxygen atoms in total. The van der Waals surface area contributed by atoms with Crippen LogP contribution in [0.4, 0.5) is 0 Å². The van der Waals surface area contributed by atoms with Crippen molar-refractivity contribution in [2.75, 3.05) is 0 Å². The fourth-order valence-corrected chi connectivity index (χ4v) is 2.20. The van der Waals surface area contributed by atoms with Crippen molar-refractivity contribution in [3.63, 3.8) is 0 Å². The van der Waals surface area contributed by atoms with Gasteiger partial charge in [-0.25, -0.2) is 0 Å². The molecule has 0 aliphatic heterocycles. The lowest BCUT2D eigenvalue weighted by Gasteiger charge is -2.17. The predicted octanol–water partition coefficient (Wildman–Crippen LogP) is 2.10. The maximum atomic E-state index is 11.8. The standard InChI is InChI=1S/C14H8O5/c15-10-7-4-2-1-3-6(7)5-8-9(10)12(17)14(19)13(18)11(8)16/h1-5,15,17,19H. The molecule has 0 radical (unpaired) electrons. The number of carbonyl (C=O) groups is 2. The Morgan fingerprint density at radius 1 is 0.842 bits per heavy atom. The van der Waals surface area contributed by atoms with E-state index >= 15 is 0 Å². The van der Waals surface area contributed by atoms with Crippen LogP contribution in [-0.4, -0.2) is 26.9 Å². The number of ketones is 2. The smallest absolute Gasteiger partial charge is 0.271 e. The van der Waals surface area contributed by atoms with Gasteiger partial charge in [0.15, 0.2) is 5.76 Å². The summed E-state index contributed by atoms with van der Waals surface area (Å²) in [4.78, 5) is 23.2. The molecular weight excluding hydrogens is 248 g/mol. The number of allylic oxidation sites excluding steroid dienone is 1. The minimum absolute atomic E-state index is 0.114. The number of benzene rings is 2. The van der Waals surface area contributed by atoms with Crippen molar-refractivity contribution in [2.24, 2.45) is 0 Å². The average molecular weight is 256 g/mol. The van der Waals surface area contributed by atoms with Gasteiger partial charge in [0, 0.05) is 10.9 Å². The van der Waals surface area contributed by atoms with Gasteiger partial charge in [-0.2, -0.15) is 0 Å². The maximum absolute atomic E-state index is 11.8. The zero-order chi connectivity index (χ0) is 13.7. The molecule has 0 amide bonds. The third-order valence-corrected chi connectivity index (χ3v) is 3.15. The number of Topliss-reactive ketones (excluding diaryl/α,β-unsaturated/α-hetero) is 2. The van der Waals surface area contributed by atoms with E-state index in [9.17, 15) is 24.9 Å². The quantitative estimate of drug-likeness (QED) is 0.627. The molecule has 0 bridgehead atoms. The lowest BCUT2D eigenvalue weighted by molar-refractivity contribution is -0.114. The second-order valence-corrected chi connectivity index (χ2v) is 4.22. The molecule has 19 heavy (non-hydrogen) atoms. The second kappa shape index (κ2) is 3.58. The summed E-state index contributed by atoms with van der Waals surface area (Å²) in [7, 11) is 0. The Balaban J connectivity index is 2.51. The number of aliphatic hydroxyl groups is 2. The van der Waals surface area contributed by atoms with Crippen LogP contribution in [0.15, 0.2) is 36.1 Å². The zero-order valence-electron chi connectivity index (χ0n) is 9.54. The largest absolute Gasteiger partial charge is 0.507 e. The van der Waals surface area contributed by atoms with Crippen LogP contribution < -0.4 is 0 Å². The van der Waals surface area contributed by atoms with Crippen LogP contribution >= 0.6 is 0 Å². The summed E-state index contributed by atoms with van der Waals surface area (Å²) < 4.78 is 0. The van der Waals surface area contributed by atoms with E-state index in [1.165, 1.54) is 6.07 Å². The second-order valence-electron chi connectivity index (χ2n) is 4.22. The molecule has 5 heteroatoms. The van der Waals surface area contributed by atoms with Gasteiger partial charge in [0.05, 0.1) is 5.56 Å². The van der Waals surface area contributed by atoms with E-state index in [0.29, 0.717) is 10.8 Å². The molecule has 2 aromatic rings. The van der Waals surface area contributed by atoms with Gasteiger partial charge in [0.25, 0.3) is 5.78 Å². The van der Waals surface area contributed by atoms with Gasteiger partial charge in [-0.05, 0) is 11.5 Å². The van der Waals surface area contributed by atoms with E-state index in [1.807, 2.05) is 0 Å². The molecule has 2 aromatic carbocycles. The molecule has 0 spiro atoms. The molecule has 0 saturated heterocycles. The van der Waals surface area contributed by atoms with Crippen molar-refractivity contribution in [3.8, 4) is 5.75 Å². The first-order chi connectivity index (χ1) is 9.02. The monoisotopic (exact) mass is 256 g/mol. The summed E-state index contributed by atoms with van der Waals surface area (Å²) in [5.41, 5.74) is -0.322. The fourth-order valence-electron chi connectivity index (χ4n) is 2.20. The van der Waals surface area contributed by atoms with Crippen LogP contribution in [0, 0.1) is 0 Å². The Morgan fingerprint density at radius 3 is 2.26 bits per heavy atom. The first-order valence-electron chi connectivity index (χ1n) is 5.48. The summed E-state index contributed by atoms with van der Waals surface area (Å²) >= 11 is 0. The molecular formula is C14H8O5. The summed E-state index contributed by atoms with van der Waals surface area (Å²) in [6.45, 7) is 0. The van der Waals surface area contributed by atoms with Gasteiger partial charge in [-0.15, -0.1) is 0 Å². The van der Waals surface area contributed by atoms with Crippen LogP contribution in [0.25, 0.3) is 16.5 Å². The number of fused-ring (bicyclic) bond motifs is 2. The average Bonchev–Trinajstić information content (AvgIpc) is 2.43. The van der Waals surface area contributed by atoms with Crippen molar-refractivity contribution < 1.29 is 24.9 Å². The van der Waals surface area contributed by atoms with E-state index in [2.05, 4.69) is 0 Å². The van der Waals surface area contributed by atoms with E-state index in [1.54, 1.807) is 24.3 Å². The molecule has 0 unspecified atom stereocenters. The molecule has 3 rings (SSSR count). The van der Waals surface area contributed by atoms with E-state index in [-0.39, 0.29) is 16.9 Å². The minimum atomic E-state index is -1.18. The van der Waals surface area contributed by atoms with Crippen LogP contribution in [0.5, 0.6) is 5.75 Å². The first kappa shape index (κ1) is 11.3. The number of aromatic hydroxyl groups is 1. The Hall–Kier alpha value is -2.82. The minimum Gasteiger partial charge on any atom is -0.507 e. The van der Waals surface area contributed by atoms with E-state index in [0.717, 1.165) is 0 Å². The van der Waals surface area contributed by atoms with Gasteiger partial charge >= 0.3 is 0 Å². The summed E-state index contributed by atoms with van der Waals surface area (Å²) in [6.07, 6.45) is 0. The summed E-state index contributed by atoms with van der Waals surface area (Å²) in [5, 5.41) is 30.3. The van der Waals surface area contributed by atoms with Crippen molar-refractivity contribution in [1.82, 2.24) is 0 Å². The highest BCUT2D eigenvalue weighted by Crippen LogP contribution is 2.38. The number of phenolic OH excluding ortho intramolecular Hbond substituents is 1. The van der Waals surface area contributed by atoms with Gasteiger partial charge in [0.2, 0.25) is 11.5 Å². The summed E-state index contributed by atoms with van der Waals surface area (Å²) in [6, 6.07) is 8.09. The molecule has 1 aliphatic carbocycles. The molecule has 0 fully saturated rings. The molecule has 94 valence electrons. The van der Waals surface area contributed by atoms with E-state index in [4.69, 9.17) is 0 Å². The van der Waals surface area contributed by atoms with Crippen molar-refractivity contribution >= 4 is 28.1 Å². The maximum Gasteiger partial charge on any atom is 0.271 e. The van der Waals surface area contributed by atoms with Crippen molar-refractivity contribution in [2.45, 2.75) is 0 Å². The predicted molar refractivity (Wildman–Crippen MR) is 67.1 cm³/mol. The lowest BCUT2D eigenvalue weighted by atomic mass is 9.89. The normalized spacial score (nSPS) is 14.9. The number of hydrogen-bond donors (Lipinski definition) is 3. The molecule has 0 saturated carbocycles. The van der Waals surface area contributed by atoms with Gasteiger partial charge in [0.1, 0.15) is 5.75 Å². The Labute approximate surface area is 107 Å². The Kier molecular flexibility index (Phi) is 2.13. The van der Waals surface area contributed by atoms with Gasteiger partial charge < -0.3 is 15.3 Å². The van der Waals surface area contributed by atoms with Crippen LogP contribution in [0.2, 0.25) is 0 Å². The number of hydrogen-bond acceptors (Lipinski definition) is 5. The topological polar surface area (TPSA) is 94.8 Å². The van der Waals surface area contributed by atoms with Crippen LogP contribution in [-0.2, 0) is 4.79 Å². The number of aliphatic hydroxyl groups excluding tert-OH is 2. The molecule has 0 aromatic heterocycles. The Bertz CT molecular complexity index is 786. The first-order valence-corrected chi connectivity index (χ1v) is 5.48. The van der Waals surface area contributed by atoms with Crippen LogP contribution in [0.1, 0.15) is 15.9 Å². The van der Waals surface area contributed by atoms with Crippen LogP contribution in [0.3, 0.4) is 0 Å². The fraction of sp³-hybridized carbons (Fsp3) is 0. The highest BCUT2D eigenvalue weighted by Gasteiger charge is 2.35. The van der Waals surface area contributed by atoms with Crippen molar-refractivity contribution in [3.05, 3.63) is 47.2 Å². The van der Waals surface area contributed by atoms with Gasteiger partial charge in [-0.1, -0.05) is 24.3 Å². The number of carbonyl (C=O) groups excluding carboxylic acids is 2. The van der Waals surface area contributed by atoms with E-state index < -0.39 is 23.1 Å².